The third-order valence-corrected chi connectivity index (χ3v) is 5.12. The molecule has 8 heteroatoms. The van der Waals surface area contributed by atoms with Crippen molar-refractivity contribution in [1.82, 2.24) is 4.98 Å². The van der Waals surface area contributed by atoms with Crippen LogP contribution in [0.15, 0.2) is 48.7 Å². The van der Waals surface area contributed by atoms with Gasteiger partial charge in [-0.05, 0) is 48.0 Å². The number of halogens is 3. The summed E-state index contributed by atoms with van der Waals surface area (Å²) in [4.78, 5) is 17.2. The topological polar surface area (TPSA) is 51.2 Å². The summed E-state index contributed by atoms with van der Waals surface area (Å²) in [5.41, 5.74) is 0.909. The first-order valence-electron chi connectivity index (χ1n) is 7.56. The minimum atomic E-state index is -0.290. The molecule has 3 aromatic rings. The molecule has 4 nitrogen and oxygen atoms in total. The molecule has 1 amide bonds. The molecule has 0 aliphatic carbocycles. The van der Waals surface area contributed by atoms with Crippen LogP contribution in [-0.2, 0) is 11.2 Å². The monoisotopic (exact) mass is 426 g/mol. The molecular formula is C18H13Cl3N2O2S. The molecular weight excluding hydrogens is 415 g/mol. The van der Waals surface area contributed by atoms with E-state index in [0.717, 1.165) is 10.4 Å². The van der Waals surface area contributed by atoms with Crippen molar-refractivity contribution in [3.8, 4) is 5.75 Å². The van der Waals surface area contributed by atoms with Gasteiger partial charge in [-0.1, -0.05) is 34.8 Å². The molecule has 0 aliphatic rings. The molecule has 1 N–H and O–H groups in total. The predicted octanol–water partition coefficient (Wildman–Crippen LogP) is 5.71. The minimum absolute atomic E-state index is 0.114. The second-order valence-corrected chi connectivity index (χ2v) is 7.73. The van der Waals surface area contributed by atoms with E-state index in [1.807, 2.05) is 6.07 Å². The van der Waals surface area contributed by atoms with Crippen LogP contribution in [-0.4, -0.2) is 17.5 Å². The zero-order valence-electron chi connectivity index (χ0n) is 13.3. The third kappa shape index (κ3) is 5.35. The minimum Gasteiger partial charge on any atom is -0.484 e. The first kappa shape index (κ1) is 19.0. The second-order valence-electron chi connectivity index (χ2n) is 5.34. The number of benzene rings is 2. The summed E-state index contributed by atoms with van der Waals surface area (Å²) in [7, 11) is 0. The smallest absolute Gasteiger partial charge is 0.264 e. The van der Waals surface area contributed by atoms with Crippen molar-refractivity contribution >= 4 is 57.2 Å². The lowest BCUT2D eigenvalue weighted by atomic mass is 10.1. The largest absolute Gasteiger partial charge is 0.484 e. The van der Waals surface area contributed by atoms with Gasteiger partial charge in [0.25, 0.3) is 5.91 Å². The normalized spacial score (nSPS) is 10.6. The SMILES string of the molecule is O=C(COc1ccc(Cl)cc1)Nc1ncc(Cc2cc(Cl)ccc2Cl)s1. The number of anilines is 1. The average Bonchev–Trinajstić information content (AvgIpc) is 3.04. The Labute approximate surface area is 169 Å². The van der Waals surface area contributed by atoms with Gasteiger partial charge >= 0.3 is 0 Å². The first-order valence-corrected chi connectivity index (χ1v) is 9.51. The van der Waals surface area contributed by atoms with Gasteiger partial charge in [-0.25, -0.2) is 4.98 Å². The van der Waals surface area contributed by atoms with Crippen molar-refractivity contribution in [3.05, 3.63) is 74.2 Å². The molecule has 0 radical (unpaired) electrons. The average molecular weight is 428 g/mol. The molecule has 0 spiro atoms. The first-order chi connectivity index (χ1) is 12.5. The second kappa shape index (κ2) is 8.73. The Morgan fingerprint density at radius 3 is 2.58 bits per heavy atom. The van der Waals surface area contributed by atoms with Gasteiger partial charge in [0, 0.05) is 32.6 Å². The van der Waals surface area contributed by atoms with Crippen molar-refractivity contribution in [1.29, 1.82) is 0 Å². The van der Waals surface area contributed by atoms with Gasteiger partial charge in [-0.3, -0.25) is 10.1 Å². The number of aromatic nitrogens is 1. The fourth-order valence-electron chi connectivity index (χ4n) is 2.15. The highest BCUT2D eigenvalue weighted by atomic mass is 35.5. The summed E-state index contributed by atoms with van der Waals surface area (Å²) < 4.78 is 5.40. The van der Waals surface area contributed by atoms with E-state index in [-0.39, 0.29) is 12.5 Å². The predicted molar refractivity (Wildman–Crippen MR) is 107 cm³/mol. The van der Waals surface area contributed by atoms with Crippen LogP contribution in [0.3, 0.4) is 0 Å². The Morgan fingerprint density at radius 2 is 1.81 bits per heavy atom. The lowest BCUT2D eigenvalue weighted by molar-refractivity contribution is -0.118. The number of nitrogens with one attached hydrogen (secondary N) is 1. The molecule has 0 saturated heterocycles. The van der Waals surface area contributed by atoms with E-state index in [2.05, 4.69) is 10.3 Å². The van der Waals surface area contributed by atoms with Crippen LogP contribution in [0, 0.1) is 0 Å². The number of rotatable bonds is 6. The number of hydrogen-bond acceptors (Lipinski definition) is 4. The van der Waals surface area contributed by atoms with Gasteiger partial charge in [-0.2, -0.15) is 0 Å². The van der Waals surface area contributed by atoms with Gasteiger partial charge in [-0.15, -0.1) is 11.3 Å². The van der Waals surface area contributed by atoms with Crippen LogP contribution in [0.4, 0.5) is 5.13 Å². The van der Waals surface area contributed by atoms with Crippen molar-refractivity contribution in [2.24, 2.45) is 0 Å². The zero-order chi connectivity index (χ0) is 18.5. The van der Waals surface area contributed by atoms with Crippen molar-refractivity contribution in [3.63, 3.8) is 0 Å². The van der Waals surface area contributed by atoms with Crippen LogP contribution in [0.5, 0.6) is 5.75 Å². The zero-order valence-corrected chi connectivity index (χ0v) is 16.4. The number of thiazole rings is 1. The molecule has 2 aromatic carbocycles. The molecule has 0 saturated carbocycles. The molecule has 0 bridgehead atoms. The van der Waals surface area contributed by atoms with Gasteiger partial charge in [0.15, 0.2) is 11.7 Å². The molecule has 0 fully saturated rings. The van der Waals surface area contributed by atoms with Crippen molar-refractivity contribution in [2.75, 3.05) is 11.9 Å². The molecule has 3 rings (SSSR count). The summed E-state index contributed by atoms with van der Waals surface area (Å²) in [6.07, 6.45) is 2.30. The number of hydrogen-bond donors (Lipinski definition) is 1. The maximum absolute atomic E-state index is 12.0. The molecule has 26 heavy (non-hydrogen) atoms. The van der Waals surface area contributed by atoms with E-state index in [9.17, 15) is 4.79 Å². The number of ether oxygens (including phenoxy) is 1. The van der Waals surface area contributed by atoms with E-state index in [1.54, 1.807) is 42.6 Å². The van der Waals surface area contributed by atoms with Crippen LogP contribution < -0.4 is 10.1 Å². The molecule has 134 valence electrons. The highest BCUT2D eigenvalue weighted by Crippen LogP contribution is 2.27. The maximum Gasteiger partial charge on any atom is 0.264 e. The molecule has 1 heterocycles. The van der Waals surface area contributed by atoms with Crippen LogP contribution >= 0.6 is 46.1 Å². The highest BCUT2D eigenvalue weighted by Gasteiger charge is 2.10. The standard InChI is InChI=1S/C18H13Cl3N2O2S/c19-12-1-4-14(5-2-12)25-10-17(24)23-18-22-9-15(26-18)8-11-7-13(20)3-6-16(11)21/h1-7,9H,8,10H2,(H,22,23,24). The van der Waals surface area contributed by atoms with Gasteiger partial charge < -0.3 is 4.74 Å². The lowest BCUT2D eigenvalue weighted by Gasteiger charge is -2.05. The van der Waals surface area contributed by atoms with Gasteiger partial charge in [0.2, 0.25) is 0 Å². The Bertz CT molecular complexity index is 913. The van der Waals surface area contributed by atoms with Crippen molar-refractivity contribution < 1.29 is 9.53 Å². The van der Waals surface area contributed by atoms with Crippen molar-refractivity contribution in [2.45, 2.75) is 6.42 Å². The van der Waals surface area contributed by atoms with Crippen LogP contribution in [0.2, 0.25) is 15.1 Å². The Kier molecular flexibility index (Phi) is 6.38. The Balaban J connectivity index is 1.55. The summed E-state index contributed by atoms with van der Waals surface area (Å²) in [5.74, 6) is 0.279. The summed E-state index contributed by atoms with van der Waals surface area (Å²) in [6.45, 7) is -0.114. The van der Waals surface area contributed by atoms with E-state index in [4.69, 9.17) is 39.5 Å². The highest BCUT2D eigenvalue weighted by molar-refractivity contribution is 7.15. The molecule has 0 atom stereocenters. The Hall–Kier alpha value is -1.79. The van der Waals surface area contributed by atoms with E-state index < -0.39 is 0 Å². The van der Waals surface area contributed by atoms with E-state index in [0.29, 0.717) is 32.4 Å². The number of carbonyl (C=O) groups excluding carboxylic acids is 1. The molecule has 0 aliphatic heterocycles. The summed E-state index contributed by atoms with van der Waals surface area (Å²) >= 11 is 19.4. The fraction of sp³-hybridized carbons (Fsp3) is 0.111. The lowest BCUT2D eigenvalue weighted by Crippen LogP contribution is -2.19. The Morgan fingerprint density at radius 1 is 1.08 bits per heavy atom. The molecule has 1 aromatic heterocycles. The quantitative estimate of drug-likeness (QED) is 0.548. The number of amides is 1. The number of carbonyl (C=O) groups is 1. The van der Waals surface area contributed by atoms with Crippen LogP contribution in [0.25, 0.3) is 0 Å². The van der Waals surface area contributed by atoms with Crippen LogP contribution in [0.1, 0.15) is 10.4 Å². The number of nitrogens with zero attached hydrogens (tertiary/aromatic N) is 1. The molecule has 0 unspecified atom stereocenters. The maximum atomic E-state index is 12.0. The van der Waals surface area contributed by atoms with E-state index >= 15 is 0 Å². The van der Waals surface area contributed by atoms with E-state index in [1.165, 1.54) is 11.3 Å². The van der Waals surface area contributed by atoms with Gasteiger partial charge in [0.05, 0.1) is 0 Å². The summed E-state index contributed by atoms with van der Waals surface area (Å²) in [6, 6.07) is 12.1. The van der Waals surface area contributed by atoms with Gasteiger partial charge in [0.1, 0.15) is 5.75 Å². The summed E-state index contributed by atoms with van der Waals surface area (Å²) in [5, 5.41) is 5.09. The fourth-order valence-corrected chi connectivity index (χ4v) is 3.51. The third-order valence-electron chi connectivity index (χ3n) is 3.36.